The molecule has 0 aromatic heterocycles. The first kappa shape index (κ1) is 19.4. The molecular weight excluding hydrogens is 357 g/mol. The molecule has 2 aliphatic heterocycles. The highest BCUT2D eigenvalue weighted by molar-refractivity contribution is 5.89. The van der Waals surface area contributed by atoms with E-state index in [1.807, 2.05) is 9.80 Å². The fraction of sp³-hybridized carbons (Fsp3) is 0.636. The molecule has 1 aliphatic carbocycles. The van der Waals surface area contributed by atoms with Crippen LogP contribution in [0.25, 0.3) is 0 Å². The number of likely N-dealkylation sites (tertiary alicyclic amines) is 1. The first-order valence-corrected chi connectivity index (χ1v) is 10.6. The maximum Gasteiger partial charge on any atom is 0.236 e. The van der Waals surface area contributed by atoms with Crippen molar-refractivity contribution >= 4 is 11.8 Å². The van der Waals surface area contributed by atoms with E-state index in [-0.39, 0.29) is 17.6 Å². The van der Waals surface area contributed by atoms with Gasteiger partial charge in [0.25, 0.3) is 0 Å². The zero-order valence-corrected chi connectivity index (χ0v) is 16.5. The summed E-state index contributed by atoms with van der Waals surface area (Å²) in [6.07, 6.45) is 6.16. The second kappa shape index (κ2) is 8.19. The maximum absolute atomic E-state index is 13.3. The number of carbonyl (C=O) groups excluding carboxylic acids is 2. The molecule has 0 spiro atoms. The molecule has 2 saturated heterocycles. The third-order valence-electron chi connectivity index (χ3n) is 6.74. The summed E-state index contributed by atoms with van der Waals surface area (Å²) in [5, 5.41) is 0. The van der Waals surface area contributed by atoms with Gasteiger partial charge in [0.05, 0.1) is 12.0 Å². The van der Waals surface area contributed by atoms with Crippen LogP contribution in [0.1, 0.15) is 44.1 Å². The van der Waals surface area contributed by atoms with Crippen molar-refractivity contribution in [1.82, 2.24) is 14.7 Å². The van der Waals surface area contributed by atoms with Crippen LogP contribution in [-0.2, 0) is 15.0 Å². The number of carbonyl (C=O) groups is 2. The Morgan fingerprint density at radius 1 is 0.821 bits per heavy atom. The van der Waals surface area contributed by atoms with Crippen molar-refractivity contribution in [2.24, 2.45) is 0 Å². The van der Waals surface area contributed by atoms with Gasteiger partial charge in [-0.2, -0.15) is 0 Å². The minimum absolute atomic E-state index is 0.173. The lowest BCUT2D eigenvalue weighted by molar-refractivity contribution is -0.143. The monoisotopic (exact) mass is 387 g/mol. The first-order chi connectivity index (χ1) is 13.6. The average molecular weight is 387 g/mol. The number of amides is 2. The number of piperazine rings is 1. The number of nitrogens with zero attached hydrogens (tertiary/aromatic N) is 3. The van der Waals surface area contributed by atoms with Crippen molar-refractivity contribution in [3.8, 4) is 0 Å². The third kappa shape index (κ3) is 3.79. The highest BCUT2D eigenvalue weighted by atomic mass is 19.1. The second-order valence-electron chi connectivity index (χ2n) is 8.45. The normalized spacial score (nSPS) is 22.6. The molecule has 0 radical (unpaired) electrons. The van der Waals surface area contributed by atoms with Crippen molar-refractivity contribution in [1.29, 1.82) is 0 Å². The summed E-state index contributed by atoms with van der Waals surface area (Å²) >= 11 is 0. The van der Waals surface area contributed by atoms with E-state index < -0.39 is 5.41 Å². The second-order valence-corrected chi connectivity index (χ2v) is 8.45. The Labute approximate surface area is 166 Å². The van der Waals surface area contributed by atoms with E-state index in [1.54, 1.807) is 12.1 Å². The maximum atomic E-state index is 13.3. The van der Waals surface area contributed by atoms with Gasteiger partial charge in [-0.3, -0.25) is 14.5 Å². The third-order valence-corrected chi connectivity index (χ3v) is 6.74. The average Bonchev–Trinajstić information content (AvgIpc) is 2.69. The molecule has 6 heteroatoms. The number of benzene rings is 1. The van der Waals surface area contributed by atoms with Crippen LogP contribution in [0.5, 0.6) is 0 Å². The Hall–Kier alpha value is -1.95. The van der Waals surface area contributed by atoms with Crippen LogP contribution >= 0.6 is 0 Å². The summed E-state index contributed by atoms with van der Waals surface area (Å²) in [6.45, 7) is 5.04. The van der Waals surface area contributed by atoms with Crippen LogP contribution in [0.2, 0.25) is 0 Å². The first-order valence-electron chi connectivity index (χ1n) is 10.6. The van der Waals surface area contributed by atoms with E-state index in [0.717, 1.165) is 63.8 Å². The summed E-state index contributed by atoms with van der Waals surface area (Å²) in [5.74, 6) is 0.131. The predicted octanol–water partition coefficient (Wildman–Crippen LogP) is 2.40. The van der Waals surface area contributed by atoms with Gasteiger partial charge in [0.1, 0.15) is 5.82 Å². The molecule has 0 N–H and O–H groups in total. The van der Waals surface area contributed by atoms with Crippen LogP contribution in [0, 0.1) is 5.82 Å². The van der Waals surface area contributed by atoms with E-state index in [0.29, 0.717) is 19.6 Å². The minimum atomic E-state index is -0.473. The standard InChI is InChI=1S/C22H30FN3O2/c23-19-7-5-18(6-8-19)22(9-4-10-22)21(28)26-15-13-24(14-16-26)17-20(27)25-11-2-1-3-12-25/h5-8H,1-4,9-17H2. The van der Waals surface area contributed by atoms with Gasteiger partial charge in [0.15, 0.2) is 0 Å². The van der Waals surface area contributed by atoms with Gasteiger partial charge >= 0.3 is 0 Å². The number of halogens is 1. The summed E-state index contributed by atoms with van der Waals surface area (Å²) in [4.78, 5) is 31.9. The highest BCUT2D eigenvalue weighted by Gasteiger charge is 2.48. The molecule has 1 saturated carbocycles. The lowest BCUT2D eigenvalue weighted by atomic mass is 9.63. The van der Waals surface area contributed by atoms with Crippen molar-refractivity contribution < 1.29 is 14.0 Å². The molecule has 2 heterocycles. The van der Waals surface area contributed by atoms with E-state index in [2.05, 4.69) is 4.90 Å². The molecule has 3 aliphatic rings. The molecule has 5 nitrogen and oxygen atoms in total. The Balaban J connectivity index is 1.33. The van der Waals surface area contributed by atoms with Crippen LogP contribution in [0.3, 0.4) is 0 Å². The summed E-state index contributed by atoms with van der Waals surface area (Å²) in [7, 11) is 0. The van der Waals surface area contributed by atoms with Crippen LogP contribution in [0.4, 0.5) is 4.39 Å². The molecule has 1 aromatic carbocycles. The van der Waals surface area contributed by atoms with Crippen molar-refractivity contribution in [2.75, 3.05) is 45.8 Å². The number of hydrogen-bond acceptors (Lipinski definition) is 3. The molecule has 28 heavy (non-hydrogen) atoms. The smallest absolute Gasteiger partial charge is 0.236 e. The van der Waals surface area contributed by atoms with Gasteiger partial charge in [-0.1, -0.05) is 18.6 Å². The van der Waals surface area contributed by atoms with E-state index in [9.17, 15) is 14.0 Å². The molecule has 0 atom stereocenters. The minimum Gasteiger partial charge on any atom is -0.342 e. The highest BCUT2D eigenvalue weighted by Crippen LogP contribution is 2.45. The SMILES string of the molecule is O=C(CN1CCN(C(=O)C2(c3ccc(F)cc3)CCC2)CC1)N1CCCCC1. The Morgan fingerprint density at radius 3 is 2.04 bits per heavy atom. The van der Waals surface area contributed by atoms with E-state index in [4.69, 9.17) is 0 Å². The molecule has 0 bridgehead atoms. The van der Waals surface area contributed by atoms with Crippen molar-refractivity contribution in [3.05, 3.63) is 35.6 Å². The Bertz CT molecular complexity index is 703. The van der Waals surface area contributed by atoms with Gasteiger partial charge in [-0.15, -0.1) is 0 Å². The summed E-state index contributed by atoms with van der Waals surface area (Å²) in [5.41, 5.74) is 0.465. The van der Waals surface area contributed by atoms with Gasteiger partial charge in [0.2, 0.25) is 11.8 Å². The number of hydrogen-bond donors (Lipinski definition) is 0. The van der Waals surface area contributed by atoms with Crippen LogP contribution in [0.15, 0.2) is 24.3 Å². The lowest BCUT2D eigenvalue weighted by Gasteiger charge is -2.46. The van der Waals surface area contributed by atoms with Crippen LogP contribution < -0.4 is 0 Å². The quantitative estimate of drug-likeness (QED) is 0.797. The van der Waals surface area contributed by atoms with E-state index >= 15 is 0 Å². The number of rotatable bonds is 4. The zero-order valence-electron chi connectivity index (χ0n) is 16.5. The molecule has 0 unspecified atom stereocenters. The topological polar surface area (TPSA) is 43.9 Å². The number of piperidine rings is 1. The zero-order chi connectivity index (χ0) is 19.6. The fourth-order valence-electron chi connectivity index (χ4n) is 4.77. The van der Waals surface area contributed by atoms with E-state index in [1.165, 1.54) is 18.6 Å². The molecule has 1 aromatic rings. The van der Waals surface area contributed by atoms with Gasteiger partial charge in [0, 0.05) is 39.3 Å². The Morgan fingerprint density at radius 2 is 1.46 bits per heavy atom. The van der Waals surface area contributed by atoms with Crippen molar-refractivity contribution in [2.45, 2.75) is 43.9 Å². The fourth-order valence-corrected chi connectivity index (χ4v) is 4.77. The molecular formula is C22H30FN3O2. The van der Waals surface area contributed by atoms with Gasteiger partial charge < -0.3 is 9.80 Å². The molecule has 152 valence electrons. The Kier molecular flexibility index (Phi) is 5.67. The summed E-state index contributed by atoms with van der Waals surface area (Å²) in [6, 6.07) is 6.43. The molecule has 2 amide bonds. The van der Waals surface area contributed by atoms with Gasteiger partial charge in [-0.05, 0) is 49.8 Å². The molecule has 3 fully saturated rings. The predicted molar refractivity (Wildman–Crippen MR) is 105 cm³/mol. The molecule has 4 rings (SSSR count). The van der Waals surface area contributed by atoms with Crippen molar-refractivity contribution in [3.63, 3.8) is 0 Å². The summed E-state index contributed by atoms with van der Waals surface area (Å²) < 4.78 is 13.3. The van der Waals surface area contributed by atoms with Gasteiger partial charge in [-0.25, -0.2) is 4.39 Å². The largest absolute Gasteiger partial charge is 0.342 e. The lowest BCUT2D eigenvalue weighted by Crippen LogP contribution is -2.57. The van der Waals surface area contributed by atoms with Crippen LogP contribution in [-0.4, -0.2) is 72.3 Å².